The second-order valence-electron chi connectivity index (χ2n) is 5.75. The van der Waals surface area contributed by atoms with E-state index in [0.717, 1.165) is 9.87 Å². The number of sulfonamides is 1. The summed E-state index contributed by atoms with van der Waals surface area (Å²) in [5.74, 6) is 0.227. The van der Waals surface area contributed by atoms with Crippen molar-refractivity contribution in [3.05, 3.63) is 66.7 Å². The number of hydrogen-bond acceptors (Lipinski definition) is 4. The zero-order valence-electron chi connectivity index (χ0n) is 14.8. The lowest BCUT2D eigenvalue weighted by Crippen LogP contribution is -2.34. The Morgan fingerprint density at radius 1 is 1.15 bits per heavy atom. The van der Waals surface area contributed by atoms with Crippen molar-refractivity contribution in [1.29, 1.82) is 0 Å². The van der Waals surface area contributed by atoms with Crippen molar-refractivity contribution in [3.63, 3.8) is 0 Å². The summed E-state index contributed by atoms with van der Waals surface area (Å²) in [5.41, 5.74) is 1.52. The van der Waals surface area contributed by atoms with Crippen molar-refractivity contribution in [2.75, 3.05) is 25.5 Å². The van der Waals surface area contributed by atoms with Crippen LogP contribution in [0.3, 0.4) is 0 Å². The zero-order valence-corrected chi connectivity index (χ0v) is 15.6. The highest BCUT2D eigenvalue weighted by atomic mass is 32.2. The van der Waals surface area contributed by atoms with Gasteiger partial charge in [0.2, 0.25) is 15.9 Å². The minimum Gasteiger partial charge on any atom is -0.490 e. The van der Waals surface area contributed by atoms with Gasteiger partial charge in [-0.3, -0.25) is 4.79 Å². The maximum absolute atomic E-state index is 12.5. The number of nitrogens with zero attached hydrogens (tertiary/aromatic N) is 1. The lowest BCUT2D eigenvalue weighted by Gasteiger charge is -2.17. The average Bonchev–Trinajstić information content (AvgIpc) is 2.61. The predicted molar refractivity (Wildman–Crippen MR) is 102 cm³/mol. The number of anilines is 1. The van der Waals surface area contributed by atoms with Crippen molar-refractivity contribution < 1.29 is 17.9 Å². The highest BCUT2D eigenvalue weighted by Crippen LogP contribution is 2.17. The third kappa shape index (κ3) is 5.18. The normalized spacial score (nSPS) is 11.2. The van der Waals surface area contributed by atoms with Crippen LogP contribution in [-0.2, 0) is 14.8 Å². The molecule has 0 radical (unpaired) electrons. The zero-order chi connectivity index (χ0) is 19.2. The maximum Gasteiger partial charge on any atom is 0.243 e. The molecule has 26 heavy (non-hydrogen) atoms. The molecule has 138 valence electrons. The van der Waals surface area contributed by atoms with Crippen LogP contribution < -0.4 is 10.1 Å². The number of carbonyl (C=O) groups is 1. The van der Waals surface area contributed by atoms with E-state index >= 15 is 0 Å². The number of ether oxygens (including phenoxy) is 1. The monoisotopic (exact) mass is 374 g/mol. The van der Waals surface area contributed by atoms with Crippen LogP contribution in [0, 0.1) is 6.92 Å². The van der Waals surface area contributed by atoms with Crippen LogP contribution in [0.2, 0.25) is 0 Å². The molecule has 0 aromatic heterocycles. The standard InChI is InChI=1S/C19H22N2O4S/c1-4-13-25-17-9-7-16(8-10-17)20-19(22)14-21(3)26(23,24)18-11-5-15(2)6-12-18/h4-12H,1,13-14H2,2-3H3,(H,20,22). The smallest absolute Gasteiger partial charge is 0.243 e. The molecule has 6 nitrogen and oxygen atoms in total. The van der Waals surface area contributed by atoms with E-state index in [9.17, 15) is 13.2 Å². The Hall–Kier alpha value is -2.64. The van der Waals surface area contributed by atoms with E-state index in [1.165, 1.54) is 19.2 Å². The Balaban J connectivity index is 1.98. The Morgan fingerprint density at radius 2 is 1.77 bits per heavy atom. The van der Waals surface area contributed by atoms with Crippen LogP contribution >= 0.6 is 0 Å². The quantitative estimate of drug-likeness (QED) is 0.721. The molecule has 1 N–H and O–H groups in total. The van der Waals surface area contributed by atoms with E-state index in [-0.39, 0.29) is 11.4 Å². The first-order chi connectivity index (χ1) is 12.3. The van der Waals surface area contributed by atoms with Crippen molar-refractivity contribution in [3.8, 4) is 5.75 Å². The van der Waals surface area contributed by atoms with Crippen molar-refractivity contribution >= 4 is 21.6 Å². The van der Waals surface area contributed by atoms with E-state index in [4.69, 9.17) is 4.74 Å². The Morgan fingerprint density at radius 3 is 2.35 bits per heavy atom. The first-order valence-electron chi connectivity index (χ1n) is 7.99. The molecular formula is C19H22N2O4S. The van der Waals surface area contributed by atoms with E-state index in [2.05, 4.69) is 11.9 Å². The van der Waals surface area contributed by atoms with Gasteiger partial charge in [-0.15, -0.1) is 0 Å². The maximum atomic E-state index is 12.5. The lowest BCUT2D eigenvalue weighted by atomic mass is 10.2. The molecule has 0 aliphatic heterocycles. The minimum absolute atomic E-state index is 0.155. The molecule has 0 fully saturated rings. The van der Waals surface area contributed by atoms with E-state index < -0.39 is 15.9 Å². The van der Waals surface area contributed by atoms with Gasteiger partial charge in [0.05, 0.1) is 11.4 Å². The molecule has 1 amide bonds. The average molecular weight is 374 g/mol. The van der Waals surface area contributed by atoms with Crippen molar-refractivity contribution in [2.24, 2.45) is 0 Å². The second-order valence-corrected chi connectivity index (χ2v) is 7.79. The molecular weight excluding hydrogens is 352 g/mol. The molecule has 2 rings (SSSR count). The molecule has 2 aromatic carbocycles. The summed E-state index contributed by atoms with van der Waals surface area (Å²) in [6.07, 6.45) is 1.64. The molecule has 2 aromatic rings. The van der Waals surface area contributed by atoms with Gasteiger partial charge >= 0.3 is 0 Å². The molecule has 0 unspecified atom stereocenters. The summed E-state index contributed by atoms with van der Waals surface area (Å²) < 4.78 is 31.4. The van der Waals surface area contributed by atoms with E-state index in [0.29, 0.717) is 18.0 Å². The molecule has 0 aliphatic carbocycles. The van der Waals surface area contributed by atoms with Gasteiger partial charge in [-0.2, -0.15) is 4.31 Å². The van der Waals surface area contributed by atoms with Gasteiger partial charge < -0.3 is 10.1 Å². The number of likely N-dealkylation sites (N-methyl/N-ethyl adjacent to an activating group) is 1. The number of hydrogen-bond donors (Lipinski definition) is 1. The van der Waals surface area contributed by atoms with Crippen LogP contribution in [0.1, 0.15) is 5.56 Å². The summed E-state index contributed by atoms with van der Waals surface area (Å²) in [7, 11) is -2.34. The number of carbonyl (C=O) groups excluding carboxylic acids is 1. The van der Waals surface area contributed by atoms with E-state index in [1.54, 1.807) is 42.5 Å². The topological polar surface area (TPSA) is 75.7 Å². The van der Waals surface area contributed by atoms with Gasteiger partial charge in [-0.05, 0) is 43.3 Å². The van der Waals surface area contributed by atoms with Crippen molar-refractivity contribution in [1.82, 2.24) is 4.31 Å². The van der Waals surface area contributed by atoms with E-state index in [1.807, 2.05) is 6.92 Å². The summed E-state index contributed by atoms with van der Waals surface area (Å²) in [6.45, 7) is 5.56. The molecule has 0 saturated carbocycles. The minimum atomic E-state index is -3.72. The number of rotatable bonds is 8. The molecule has 0 saturated heterocycles. The van der Waals surface area contributed by atoms with Crippen LogP contribution in [0.15, 0.2) is 66.1 Å². The molecule has 0 heterocycles. The van der Waals surface area contributed by atoms with Crippen LogP contribution in [-0.4, -0.2) is 38.8 Å². The molecule has 7 heteroatoms. The lowest BCUT2D eigenvalue weighted by molar-refractivity contribution is -0.116. The fraction of sp³-hybridized carbons (Fsp3) is 0.211. The molecule has 0 aliphatic rings. The van der Waals surface area contributed by atoms with Crippen LogP contribution in [0.25, 0.3) is 0 Å². The highest BCUT2D eigenvalue weighted by molar-refractivity contribution is 7.89. The highest BCUT2D eigenvalue weighted by Gasteiger charge is 2.22. The Labute approximate surface area is 154 Å². The molecule has 0 atom stereocenters. The van der Waals surface area contributed by atoms with Gasteiger partial charge in [0.1, 0.15) is 12.4 Å². The molecule has 0 spiro atoms. The van der Waals surface area contributed by atoms with Gasteiger partial charge in [0.25, 0.3) is 0 Å². The number of aryl methyl sites for hydroxylation is 1. The summed E-state index contributed by atoms with van der Waals surface area (Å²) in [6, 6.07) is 13.3. The number of benzene rings is 2. The Bertz CT molecular complexity index is 859. The van der Waals surface area contributed by atoms with Crippen LogP contribution in [0.5, 0.6) is 5.75 Å². The third-order valence-electron chi connectivity index (χ3n) is 3.60. The largest absolute Gasteiger partial charge is 0.490 e. The first-order valence-corrected chi connectivity index (χ1v) is 9.43. The fourth-order valence-corrected chi connectivity index (χ4v) is 3.29. The van der Waals surface area contributed by atoms with Gasteiger partial charge in [-0.1, -0.05) is 30.4 Å². The Kier molecular flexibility index (Phi) is 6.54. The number of amides is 1. The summed E-state index contributed by atoms with van der Waals surface area (Å²) in [4.78, 5) is 12.3. The van der Waals surface area contributed by atoms with Crippen molar-refractivity contribution in [2.45, 2.75) is 11.8 Å². The van der Waals surface area contributed by atoms with Gasteiger partial charge in [0, 0.05) is 12.7 Å². The van der Waals surface area contributed by atoms with Gasteiger partial charge in [0.15, 0.2) is 0 Å². The number of nitrogens with one attached hydrogen (secondary N) is 1. The first kappa shape index (κ1) is 19.7. The predicted octanol–water partition coefficient (Wildman–Crippen LogP) is 2.82. The second kappa shape index (κ2) is 8.64. The third-order valence-corrected chi connectivity index (χ3v) is 5.42. The molecule has 0 bridgehead atoms. The summed E-state index contributed by atoms with van der Waals surface area (Å²) >= 11 is 0. The van der Waals surface area contributed by atoms with Gasteiger partial charge in [-0.25, -0.2) is 8.42 Å². The SMILES string of the molecule is C=CCOc1ccc(NC(=O)CN(C)S(=O)(=O)c2ccc(C)cc2)cc1. The van der Waals surface area contributed by atoms with Crippen LogP contribution in [0.4, 0.5) is 5.69 Å². The summed E-state index contributed by atoms with van der Waals surface area (Å²) in [5, 5.41) is 2.67. The fourth-order valence-electron chi connectivity index (χ4n) is 2.17.